The average Bonchev–Trinajstić information content (AvgIpc) is 2.98. The maximum Gasteiger partial charge on any atom is 0.288 e. The van der Waals surface area contributed by atoms with Crippen LogP contribution in [0.25, 0.3) is 0 Å². The molecule has 2 fully saturated rings. The average molecular weight is 358 g/mol. The molecule has 0 aromatic heterocycles. The Bertz CT molecular complexity index is 626. The highest BCUT2D eigenvalue weighted by atomic mass is 32.2. The van der Waals surface area contributed by atoms with E-state index in [0.717, 1.165) is 6.42 Å². The molecular formula is C15H16F2N2O2S2. The number of benzene rings is 1. The van der Waals surface area contributed by atoms with Gasteiger partial charge in [0, 0.05) is 22.8 Å². The van der Waals surface area contributed by atoms with Crippen LogP contribution < -0.4 is 5.32 Å². The first-order valence-corrected chi connectivity index (χ1v) is 9.07. The van der Waals surface area contributed by atoms with E-state index in [1.54, 1.807) is 40.9 Å². The van der Waals surface area contributed by atoms with Crippen LogP contribution in [-0.4, -0.2) is 39.1 Å². The lowest BCUT2D eigenvalue weighted by atomic mass is 10.2. The van der Waals surface area contributed by atoms with Gasteiger partial charge in [-0.05, 0) is 37.6 Å². The first-order chi connectivity index (χ1) is 10.9. The number of alkyl halides is 2. The van der Waals surface area contributed by atoms with E-state index >= 15 is 0 Å². The largest absolute Gasteiger partial charge is 0.324 e. The second kappa shape index (κ2) is 6.32. The molecule has 2 atom stereocenters. The van der Waals surface area contributed by atoms with Crippen LogP contribution in [0.1, 0.15) is 19.8 Å². The number of halogens is 2. The maximum atomic E-state index is 12.5. The number of rotatable bonds is 4. The van der Waals surface area contributed by atoms with Gasteiger partial charge in [-0.25, -0.2) is 0 Å². The van der Waals surface area contributed by atoms with Crippen molar-refractivity contribution in [1.82, 2.24) is 4.90 Å². The number of nitrogens with one attached hydrogen (secondary N) is 1. The van der Waals surface area contributed by atoms with E-state index in [4.69, 9.17) is 0 Å². The number of amides is 2. The highest BCUT2D eigenvalue weighted by Gasteiger charge is 2.52. The van der Waals surface area contributed by atoms with Crippen LogP contribution in [-0.2, 0) is 9.59 Å². The molecule has 124 valence electrons. The van der Waals surface area contributed by atoms with Gasteiger partial charge in [-0.2, -0.15) is 8.78 Å². The van der Waals surface area contributed by atoms with Crippen molar-refractivity contribution in [1.29, 1.82) is 0 Å². The fraction of sp³-hybridized carbons (Fsp3) is 0.467. The predicted molar refractivity (Wildman–Crippen MR) is 87.7 cm³/mol. The normalized spacial score (nSPS) is 26.7. The first kappa shape index (κ1) is 16.6. The van der Waals surface area contributed by atoms with Gasteiger partial charge in [0.1, 0.15) is 6.04 Å². The Hall–Kier alpha value is -1.28. The van der Waals surface area contributed by atoms with Crippen LogP contribution in [0.2, 0.25) is 0 Å². The first-order valence-electron chi connectivity index (χ1n) is 7.21. The van der Waals surface area contributed by atoms with Crippen molar-refractivity contribution < 1.29 is 18.4 Å². The summed E-state index contributed by atoms with van der Waals surface area (Å²) in [6.07, 6.45) is 1.24. The van der Waals surface area contributed by atoms with Gasteiger partial charge in [0.2, 0.25) is 11.8 Å². The van der Waals surface area contributed by atoms with Gasteiger partial charge in [0.05, 0.1) is 4.87 Å². The third-order valence-electron chi connectivity index (χ3n) is 4.09. The van der Waals surface area contributed by atoms with Gasteiger partial charge in [-0.3, -0.25) is 9.59 Å². The molecule has 3 rings (SSSR count). The zero-order valence-electron chi connectivity index (χ0n) is 12.4. The number of nitrogens with zero attached hydrogens (tertiary/aromatic N) is 1. The minimum absolute atomic E-state index is 0.0151. The molecule has 4 nitrogen and oxygen atoms in total. The Labute approximate surface area is 141 Å². The number of anilines is 1. The molecule has 2 aliphatic rings. The molecule has 0 aliphatic carbocycles. The second-order valence-electron chi connectivity index (χ2n) is 5.66. The second-order valence-corrected chi connectivity index (χ2v) is 8.22. The van der Waals surface area contributed by atoms with E-state index in [1.165, 1.54) is 0 Å². The van der Waals surface area contributed by atoms with Crippen LogP contribution >= 0.6 is 23.5 Å². The minimum atomic E-state index is -2.47. The molecule has 1 N–H and O–H groups in total. The number of hydrogen-bond donors (Lipinski definition) is 1. The van der Waals surface area contributed by atoms with E-state index in [1.807, 2.05) is 6.92 Å². The van der Waals surface area contributed by atoms with Gasteiger partial charge in [-0.15, -0.1) is 11.8 Å². The monoisotopic (exact) mass is 358 g/mol. The van der Waals surface area contributed by atoms with Gasteiger partial charge in [0.25, 0.3) is 5.76 Å². The number of hydrogen-bond acceptors (Lipinski definition) is 4. The molecule has 8 heteroatoms. The summed E-state index contributed by atoms with van der Waals surface area (Å²) in [6, 6.07) is 5.79. The molecule has 0 spiro atoms. The Balaban J connectivity index is 1.66. The van der Waals surface area contributed by atoms with E-state index in [2.05, 4.69) is 5.32 Å². The minimum Gasteiger partial charge on any atom is -0.324 e. The Morgan fingerprint density at radius 3 is 2.78 bits per heavy atom. The number of thioether (sulfide) groups is 2. The third kappa shape index (κ3) is 3.33. The molecule has 0 radical (unpaired) electrons. The summed E-state index contributed by atoms with van der Waals surface area (Å²) >= 11 is 2.09. The van der Waals surface area contributed by atoms with Crippen molar-refractivity contribution in [3.8, 4) is 0 Å². The summed E-state index contributed by atoms with van der Waals surface area (Å²) in [6.45, 7) is 1.99. The summed E-state index contributed by atoms with van der Waals surface area (Å²) in [7, 11) is 0. The molecule has 0 bridgehead atoms. The van der Waals surface area contributed by atoms with Crippen molar-refractivity contribution in [2.24, 2.45) is 0 Å². The molecule has 1 aromatic rings. The van der Waals surface area contributed by atoms with E-state index in [-0.39, 0.29) is 16.7 Å². The molecule has 0 unspecified atom stereocenters. The Morgan fingerprint density at radius 2 is 2.13 bits per heavy atom. The van der Waals surface area contributed by atoms with E-state index in [9.17, 15) is 18.4 Å². The van der Waals surface area contributed by atoms with Crippen LogP contribution in [0.5, 0.6) is 0 Å². The fourth-order valence-electron chi connectivity index (χ4n) is 2.96. The number of carbonyl (C=O) groups excluding carboxylic acids is 2. The quantitative estimate of drug-likeness (QED) is 0.838. The van der Waals surface area contributed by atoms with Gasteiger partial charge in [0.15, 0.2) is 0 Å². The zero-order valence-corrected chi connectivity index (χ0v) is 14.1. The molecule has 2 heterocycles. The van der Waals surface area contributed by atoms with E-state index in [0.29, 0.717) is 34.5 Å². The number of fused-ring (bicyclic) bond motifs is 1. The molecule has 2 amide bonds. The van der Waals surface area contributed by atoms with Crippen LogP contribution in [0.4, 0.5) is 14.5 Å². The Kier molecular flexibility index (Phi) is 4.55. The highest BCUT2D eigenvalue weighted by Crippen LogP contribution is 2.47. The summed E-state index contributed by atoms with van der Waals surface area (Å²) in [5.41, 5.74) is 0.541. The Morgan fingerprint density at radius 1 is 1.43 bits per heavy atom. The van der Waals surface area contributed by atoms with Gasteiger partial charge < -0.3 is 10.2 Å². The molecular weight excluding hydrogens is 342 g/mol. The van der Waals surface area contributed by atoms with Crippen molar-refractivity contribution >= 4 is 41.0 Å². The molecule has 23 heavy (non-hydrogen) atoms. The smallest absolute Gasteiger partial charge is 0.288 e. The molecule has 2 saturated heterocycles. The lowest BCUT2D eigenvalue weighted by molar-refractivity contribution is -0.135. The highest BCUT2D eigenvalue weighted by molar-refractivity contribution is 8.01. The lowest BCUT2D eigenvalue weighted by Crippen LogP contribution is -2.48. The predicted octanol–water partition coefficient (Wildman–Crippen LogP) is 3.39. The van der Waals surface area contributed by atoms with Crippen LogP contribution in [0.3, 0.4) is 0 Å². The molecule has 0 saturated carbocycles. The molecule has 1 aromatic carbocycles. The summed E-state index contributed by atoms with van der Waals surface area (Å²) in [5, 5.41) is 2.77. The van der Waals surface area contributed by atoms with Crippen molar-refractivity contribution in [2.75, 3.05) is 11.1 Å². The topological polar surface area (TPSA) is 49.4 Å². The van der Waals surface area contributed by atoms with Crippen molar-refractivity contribution in [3.05, 3.63) is 24.3 Å². The number of carbonyl (C=O) groups is 2. The maximum absolute atomic E-state index is 12.5. The summed E-state index contributed by atoms with van der Waals surface area (Å²) < 4.78 is 24.6. The standard InChI is InChI=1S/C15H16F2N2O2S2/c1-15-7-6-12(20)19(15)11(8-22-15)13(21)18-9-2-4-10(5-3-9)23-14(16)17/h2-5,11,14H,6-8H2,1H3,(H,18,21)/t11-,15-/m1/s1. The van der Waals surface area contributed by atoms with Crippen LogP contribution in [0.15, 0.2) is 29.2 Å². The zero-order chi connectivity index (χ0) is 16.6. The lowest BCUT2D eigenvalue weighted by Gasteiger charge is -2.29. The van der Waals surface area contributed by atoms with Crippen molar-refractivity contribution in [3.63, 3.8) is 0 Å². The van der Waals surface area contributed by atoms with E-state index < -0.39 is 11.8 Å². The molecule has 2 aliphatic heterocycles. The third-order valence-corrected chi connectivity index (χ3v) is 6.32. The summed E-state index contributed by atoms with van der Waals surface area (Å²) in [4.78, 5) is 26.3. The summed E-state index contributed by atoms with van der Waals surface area (Å²) in [5.74, 6) is -2.11. The van der Waals surface area contributed by atoms with Gasteiger partial charge >= 0.3 is 0 Å². The van der Waals surface area contributed by atoms with Crippen molar-refractivity contribution in [2.45, 2.75) is 41.3 Å². The van der Waals surface area contributed by atoms with Gasteiger partial charge in [-0.1, -0.05) is 11.8 Å². The SMILES string of the molecule is C[C@@]12CCC(=O)N1[C@@H](C(=O)Nc1ccc(SC(F)F)cc1)CS2. The fourth-order valence-corrected chi connectivity index (χ4v) is 4.89. The van der Waals surface area contributed by atoms with Crippen LogP contribution in [0, 0.1) is 0 Å².